The quantitative estimate of drug-likeness (QED) is 0.591. The summed E-state index contributed by atoms with van der Waals surface area (Å²) in [5, 5.41) is 14.1. The number of aromatic amines is 1. The van der Waals surface area contributed by atoms with Crippen molar-refractivity contribution in [3.63, 3.8) is 0 Å². The van der Waals surface area contributed by atoms with Gasteiger partial charge in [-0.1, -0.05) is 24.3 Å². The van der Waals surface area contributed by atoms with Crippen LogP contribution in [0.1, 0.15) is 17.2 Å². The van der Waals surface area contributed by atoms with Gasteiger partial charge in [0, 0.05) is 23.6 Å². The molecule has 0 aliphatic rings. The molecule has 130 valence electrons. The first-order valence-electron chi connectivity index (χ1n) is 7.91. The molecular weight excluding hydrogens is 384 g/mol. The highest BCUT2D eigenvalue weighted by molar-refractivity contribution is 9.10. The maximum atomic E-state index is 12.2. The Kier molecular flexibility index (Phi) is 5.40. The average Bonchev–Trinajstić information content (AvgIpc) is 3.02. The van der Waals surface area contributed by atoms with Crippen LogP contribution in [0.25, 0.3) is 10.9 Å². The molecule has 0 fully saturated rings. The molecule has 3 aromatic rings. The Labute approximate surface area is 154 Å². The van der Waals surface area contributed by atoms with Gasteiger partial charge in [-0.3, -0.25) is 4.79 Å². The number of amides is 1. The van der Waals surface area contributed by atoms with Crippen LogP contribution in [0.3, 0.4) is 0 Å². The lowest BCUT2D eigenvalue weighted by Gasteiger charge is -2.14. The van der Waals surface area contributed by atoms with Crippen molar-refractivity contribution in [1.82, 2.24) is 10.3 Å². The Morgan fingerprint density at radius 1 is 1.32 bits per heavy atom. The summed E-state index contributed by atoms with van der Waals surface area (Å²) in [7, 11) is 1.58. The summed E-state index contributed by atoms with van der Waals surface area (Å²) in [5.74, 6) is 0.565. The molecule has 25 heavy (non-hydrogen) atoms. The third-order valence-electron chi connectivity index (χ3n) is 4.08. The summed E-state index contributed by atoms with van der Waals surface area (Å²) in [6.07, 6.45) is 1.33. The Morgan fingerprint density at radius 2 is 2.12 bits per heavy atom. The van der Waals surface area contributed by atoms with Gasteiger partial charge in [0.2, 0.25) is 5.91 Å². The summed E-state index contributed by atoms with van der Waals surface area (Å²) >= 11 is 3.39. The van der Waals surface area contributed by atoms with E-state index in [9.17, 15) is 9.90 Å². The van der Waals surface area contributed by atoms with Gasteiger partial charge in [-0.2, -0.15) is 0 Å². The predicted molar refractivity (Wildman–Crippen MR) is 101 cm³/mol. The third kappa shape index (κ3) is 4.03. The zero-order chi connectivity index (χ0) is 17.8. The summed E-state index contributed by atoms with van der Waals surface area (Å²) in [6, 6.07) is 13.2. The van der Waals surface area contributed by atoms with Crippen LogP contribution in [0.2, 0.25) is 0 Å². The summed E-state index contributed by atoms with van der Waals surface area (Å²) in [4.78, 5) is 15.3. The lowest BCUT2D eigenvalue weighted by atomic mass is 10.1. The fraction of sp³-hybridized carbons (Fsp3) is 0.211. The normalized spacial score (nSPS) is 12.1. The minimum Gasteiger partial charge on any atom is -0.496 e. The first-order valence-corrected chi connectivity index (χ1v) is 8.71. The van der Waals surface area contributed by atoms with Crippen LogP contribution >= 0.6 is 15.9 Å². The van der Waals surface area contributed by atoms with E-state index in [1.165, 1.54) is 0 Å². The molecule has 1 amide bonds. The van der Waals surface area contributed by atoms with E-state index in [0.29, 0.717) is 11.3 Å². The standard InChI is InChI=1S/C19H19BrN2O3/c1-25-18-7-6-12(8-15(18)20)17(23)11-22-19(24)9-13-10-21-16-5-3-2-4-14(13)16/h2-8,10,17,21,23H,9,11H2,1H3,(H,22,24)/t17-/m1/s1. The highest BCUT2D eigenvalue weighted by atomic mass is 79.9. The number of ether oxygens (including phenoxy) is 1. The van der Waals surface area contributed by atoms with Gasteiger partial charge in [0.05, 0.1) is 24.1 Å². The number of hydrogen-bond acceptors (Lipinski definition) is 3. The maximum absolute atomic E-state index is 12.2. The SMILES string of the molecule is COc1ccc([C@H](O)CNC(=O)Cc2c[nH]c3ccccc23)cc1Br. The molecule has 0 saturated heterocycles. The number of rotatable bonds is 6. The van der Waals surface area contributed by atoms with Crippen LogP contribution in [0.5, 0.6) is 5.75 Å². The fourth-order valence-corrected chi connectivity index (χ4v) is 3.29. The number of carbonyl (C=O) groups is 1. The maximum Gasteiger partial charge on any atom is 0.224 e. The molecule has 2 aromatic carbocycles. The van der Waals surface area contributed by atoms with E-state index in [1.54, 1.807) is 25.3 Å². The number of aromatic nitrogens is 1. The number of benzene rings is 2. The Hall–Kier alpha value is -2.31. The first-order chi connectivity index (χ1) is 12.1. The van der Waals surface area contributed by atoms with Crippen LogP contribution in [0.15, 0.2) is 53.1 Å². The van der Waals surface area contributed by atoms with Gasteiger partial charge >= 0.3 is 0 Å². The van der Waals surface area contributed by atoms with Crippen LogP contribution in [0, 0.1) is 0 Å². The van der Waals surface area contributed by atoms with Gasteiger partial charge in [-0.25, -0.2) is 0 Å². The van der Waals surface area contributed by atoms with Crippen molar-refractivity contribution >= 4 is 32.7 Å². The lowest BCUT2D eigenvalue weighted by Crippen LogP contribution is -2.29. The molecule has 0 saturated carbocycles. The lowest BCUT2D eigenvalue weighted by molar-refractivity contribution is -0.120. The van der Waals surface area contributed by atoms with Crippen LogP contribution < -0.4 is 10.1 Å². The molecule has 0 unspecified atom stereocenters. The highest BCUT2D eigenvalue weighted by Crippen LogP contribution is 2.28. The van der Waals surface area contributed by atoms with Crippen molar-refractivity contribution in [2.24, 2.45) is 0 Å². The molecule has 6 heteroatoms. The number of halogens is 1. The smallest absolute Gasteiger partial charge is 0.224 e. The minimum atomic E-state index is -0.783. The van der Waals surface area contributed by atoms with Crippen molar-refractivity contribution in [3.8, 4) is 5.75 Å². The van der Waals surface area contributed by atoms with Crippen LogP contribution in [-0.2, 0) is 11.2 Å². The number of nitrogens with one attached hydrogen (secondary N) is 2. The Bertz CT molecular complexity index is 891. The van der Waals surface area contributed by atoms with Gasteiger partial charge in [0.1, 0.15) is 5.75 Å². The molecule has 3 N–H and O–H groups in total. The zero-order valence-electron chi connectivity index (χ0n) is 13.8. The number of hydrogen-bond donors (Lipinski definition) is 3. The number of methoxy groups -OCH3 is 1. The predicted octanol–water partition coefficient (Wildman–Crippen LogP) is 3.33. The Balaban J connectivity index is 1.59. The van der Waals surface area contributed by atoms with Crippen LogP contribution in [0.4, 0.5) is 0 Å². The molecule has 0 spiro atoms. The molecule has 0 bridgehead atoms. The Morgan fingerprint density at radius 3 is 2.88 bits per heavy atom. The second-order valence-corrected chi connectivity index (χ2v) is 6.60. The van der Waals surface area contributed by atoms with Crippen molar-refractivity contribution < 1.29 is 14.6 Å². The van der Waals surface area contributed by atoms with E-state index >= 15 is 0 Å². The van der Waals surface area contributed by atoms with Crippen molar-refractivity contribution in [2.45, 2.75) is 12.5 Å². The summed E-state index contributed by atoms with van der Waals surface area (Å²) in [6.45, 7) is 0.153. The van der Waals surface area contributed by atoms with E-state index in [-0.39, 0.29) is 18.9 Å². The molecular formula is C19H19BrN2O3. The minimum absolute atomic E-state index is 0.128. The van der Waals surface area contributed by atoms with E-state index in [0.717, 1.165) is 20.9 Å². The molecule has 5 nitrogen and oxygen atoms in total. The summed E-state index contributed by atoms with van der Waals surface area (Å²) in [5.41, 5.74) is 2.66. The molecule has 0 aliphatic heterocycles. The van der Waals surface area contributed by atoms with Gasteiger partial charge in [0.25, 0.3) is 0 Å². The number of carbonyl (C=O) groups excluding carboxylic acids is 1. The topological polar surface area (TPSA) is 74.3 Å². The van der Waals surface area contributed by atoms with Gasteiger partial charge in [-0.15, -0.1) is 0 Å². The number of para-hydroxylation sites is 1. The van der Waals surface area contributed by atoms with E-state index in [4.69, 9.17) is 4.74 Å². The number of H-pyrrole nitrogens is 1. The molecule has 0 radical (unpaired) electrons. The van der Waals surface area contributed by atoms with Crippen molar-refractivity contribution in [1.29, 1.82) is 0 Å². The van der Waals surface area contributed by atoms with E-state index in [2.05, 4.69) is 26.2 Å². The van der Waals surface area contributed by atoms with Gasteiger partial charge in [-0.05, 0) is 45.3 Å². The highest BCUT2D eigenvalue weighted by Gasteiger charge is 2.13. The van der Waals surface area contributed by atoms with Crippen molar-refractivity contribution in [3.05, 3.63) is 64.3 Å². The third-order valence-corrected chi connectivity index (χ3v) is 4.70. The second kappa shape index (κ2) is 7.72. The number of aliphatic hydroxyl groups is 1. The van der Waals surface area contributed by atoms with Gasteiger partial charge < -0.3 is 20.1 Å². The molecule has 1 heterocycles. The van der Waals surface area contributed by atoms with Crippen molar-refractivity contribution in [2.75, 3.05) is 13.7 Å². The van der Waals surface area contributed by atoms with Crippen LogP contribution in [-0.4, -0.2) is 29.7 Å². The molecule has 0 aliphatic carbocycles. The van der Waals surface area contributed by atoms with E-state index < -0.39 is 6.10 Å². The largest absolute Gasteiger partial charge is 0.496 e. The molecule has 1 atom stereocenters. The number of fused-ring (bicyclic) bond motifs is 1. The fourth-order valence-electron chi connectivity index (χ4n) is 2.73. The summed E-state index contributed by atoms with van der Waals surface area (Å²) < 4.78 is 5.93. The first kappa shape index (κ1) is 17.5. The molecule has 1 aromatic heterocycles. The average molecular weight is 403 g/mol. The molecule has 3 rings (SSSR count). The zero-order valence-corrected chi connectivity index (χ0v) is 15.3. The second-order valence-electron chi connectivity index (χ2n) is 5.75. The monoisotopic (exact) mass is 402 g/mol. The van der Waals surface area contributed by atoms with Gasteiger partial charge in [0.15, 0.2) is 0 Å². The van der Waals surface area contributed by atoms with E-state index in [1.807, 2.05) is 30.5 Å². The number of aliphatic hydroxyl groups excluding tert-OH is 1.